The van der Waals surface area contributed by atoms with Gasteiger partial charge < -0.3 is 0 Å². The maximum absolute atomic E-state index is 4.92. The van der Waals surface area contributed by atoms with Crippen LogP contribution in [0.1, 0.15) is 22.9 Å². The molecular weight excluding hydrogens is 442 g/mol. The van der Waals surface area contributed by atoms with Crippen molar-refractivity contribution in [2.75, 3.05) is 26.2 Å². The molecule has 178 valence electrons. The summed E-state index contributed by atoms with van der Waals surface area (Å²) in [5, 5.41) is 7.10. The maximum Gasteiger partial charge on any atom is 0.137 e. The molecule has 0 unspecified atom stereocenters. The van der Waals surface area contributed by atoms with Crippen LogP contribution in [-0.4, -0.2) is 51.7 Å². The Morgan fingerprint density at radius 2 is 1.25 bits per heavy atom. The molecule has 0 N–H and O–H groups in total. The monoisotopic (exact) mass is 471 g/mol. The summed E-state index contributed by atoms with van der Waals surface area (Å²) in [5.74, 6) is 0. The van der Waals surface area contributed by atoms with E-state index in [-0.39, 0.29) is 6.04 Å². The van der Waals surface area contributed by atoms with Gasteiger partial charge >= 0.3 is 0 Å². The van der Waals surface area contributed by atoms with E-state index in [1.54, 1.807) is 0 Å². The zero-order chi connectivity index (χ0) is 24.2. The number of hydrogen-bond acceptors (Lipinski definition) is 4. The van der Waals surface area contributed by atoms with Gasteiger partial charge in [-0.1, -0.05) is 97.1 Å². The molecule has 1 aliphatic heterocycles. The standard InChI is InChI=1S/C31H29N5/c1-4-12-25(13-5-1)30-28(36-19-11-10-18-29(36)33-30)24-32-35-22-20-34(21-23-35)31(26-14-6-2-7-15-26)27-16-8-3-9-17-27/h1-19,24,31H,20-23H2. The second-order valence-electron chi connectivity index (χ2n) is 9.10. The zero-order valence-corrected chi connectivity index (χ0v) is 20.2. The molecule has 0 amide bonds. The lowest BCUT2D eigenvalue weighted by Crippen LogP contribution is -2.45. The Bertz CT molecular complexity index is 1400. The molecule has 5 aromatic rings. The molecule has 0 saturated carbocycles. The van der Waals surface area contributed by atoms with Gasteiger partial charge in [0.1, 0.15) is 5.65 Å². The van der Waals surface area contributed by atoms with Crippen LogP contribution in [0.15, 0.2) is 120 Å². The minimum atomic E-state index is 0.252. The maximum atomic E-state index is 4.92. The average Bonchev–Trinajstić information content (AvgIpc) is 3.33. The number of hydrazone groups is 1. The molecule has 3 heterocycles. The lowest BCUT2D eigenvalue weighted by Gasteiger charge is -2.38. The molecule has 0 radical (unpaired) electrons. The Balaban J connectivity index is 1.23. The molecule has 1 fully saturated rings. The molecule has 5 nitrogen and oxygen atoms in total. The van der Waals surface area contributed by atoms with E-state index in [4.69, 9.17) is 10.1 Å². The van der Waals surface area contributed by atoms with E-state index >= 15 is 0 Å². The minimum absolute atomic E-state index is 0.252. The third kappa shape index (κ3) is 4.53. The van der Waals surface area contributed by atoms with Crippen molar-refractivity contribution in [3.05, 3.63) is 132 Å². The Morgan fingerprint density at radius 3 is 1.89 bits per heavy atom. The smallest absolute Gasteiger partial charge is 0.137 e. The van der Waals surface area contributed by atoms with E-state index in [0.29, 0.717) is 0 Å². The van der Waals surface area contributed by atoms with Crippen LogP contribution < -0.4 is 0 Å². The van der Waals surface area contributed by atoms with Gasteiger partial charge in [-0.05, 0) is 23.3 Å². The number of rotatable bonds is 6. The number of benzene rings is 3. The molecule has 3 aromatic carbocycles. The summed E-state index contributed by atoms with van der Waals surface area (Å²) < 4.78 is 2.11. The summed E-state index contributed by atoms with van der Waals surface area (Å²) in [6.07, 6.45) is 4.03. The largest absolute Gasteiger partial charge is 0.298 e. The van der Waals surface area contributed by atoms with Crippen LogP contribution in [0.4, 0.5) is 0 Å². The molecular formula is C31H29N5. The molecule has 0 aliphatic carbocycles. The normalized spacial score (nSPS) is 14.8. The second kappa shape index (κ2) is 10.2. The fourth-order valence-corrected chi connectivity index (χ4v) is 5.05. The first-order valence-corrected chi connectivity index (χ1v) is 12.5. The quantitative estimate of drug-likeness (QED) is 0.296. The minimum Gasteiger partial charge on any atom is -0.298 e. The molecule has 5 heteroatoms. The van der Waals surface area contributed by atoms with Crippen molar-refractivity contribution in [2.24, 2.45) is 5.10 Å². The summed E-state index contributed by atoms with van der Waals surface area (Å²) in [6.45, 7) is 3.66. The summed E-state index contributed by atoms with van der Waals surface area (Å²) >= 11 is 0. The van der Waals surface area contributed by atoms with Gasteiger partial charge in [-0.25, -0.2) is 4.98 Å². The molecule has 0 spiro atoms. The van der Waals surface area contributed by atoms with Crippen molar-refractivity contribution < 1.29 is 0 Å². The van der Waals surface area contributed by atoms with Gasteiger partial charge in [-0.2, -0.15) is 5.10 Å². The van der Waals surface area contributed by atoms with Crippen molar-refractivity contribution in [2.45, 2.75) is 6.04 Å². The fraction of sp³-hybridized carbons (Fsp3) is 0.161. The van der Waals surface area contributed by atoms with E-state index in [9.17, 15) is 0 Å². The van der Waals surface area contributed by atoms with Gasteiger partial charge in [-0.3, -0.25) is 14.3 Å². The Morgan fingerprint density at radius 1 is 0.667 bits per heavy atom. The molecule has 1 saturated heterocycles. The Hall–Kier alpha value is -4.22. The summed E-state index contributed by atoms with van der Waals surface area (Å²) in [7, 11) is 0. The predicted octanol–water partition coefficient (Wildman–Crippen LogP) is 5.74. The summed E-state index contributed by atoms with van der Waals surface area (Å²) in [4.78, 5) is 7.46. The molecule has 1 aliphatic rings. The van der Waals surface area contributed by atoms with Gasteiger partial charge in [0.15, 0.2) is 0 Å². The molecule has 0 bridgehead atoms. The van der Waals surface area contributed by atoms with Crippen LogP contribution in [0.3, 0.4) is 0 Å². The van der Waals surface area contributed by atoms with E-state index < -0.39 is 0 Å². The topological polar surface area (TPSA) is 36.1 Å². The predicted molar refractivity (Wildman–Crippen MR) is 146 cm³/mol. The van der Waals surface area contributed by atoms with E-state index in [1.807, 2.05) is 30.5 Å². The van der Waals surface area contributed by atoms with E-state index in [2.05, 4.69) is 105 Å². The highest BCUT2D eigenvalue weighted by molar-refractivity contribution is 5.89. The Labute approximate surface area is 212 Å². The van der Waals surface area contributed by atoms with E-state index in [1.165, 1.54) is 11.1 Å². The number of imidazole rings is 1. The van der Waals surface area contributed by atoms with Crippen molar-refractivity contribution >= 4 is 11.9 Å². The van der Waals surface area contributed by atoms with Gasteiger partial charge in [0.05, 0.1) is 23.6 Å². The van der Waals surface area contributed by atoms with Gasteiger partial charge in [0.25, 0.3) is 0 Å². The highest BCUT2D eigenvalue weighted by Gasteiger charge is 2.26. The molecule has 0 atom stereocenters. The van der Waals surface area contributed by atoms with Crippen molar-refractivity contribution in [3.63, 3.8) is 0 Å². The average molecular weight is 472 g/mol. The summed E-state index contributed by atoms with van der Waals surface area (Å²) in [6, 6.07) is 38.3. The first-order valence-electron chi connectivity index (χ1n) is 12.5. The third-order valence-corrected chi connectivity index (χ3v) is 6.84. The lowest BCUT2D eigenvalue weighted by molar-refractivity contribution is 0.113. The van der Waals surface area contributed by atoms with Crippen molar-refractivity contribution in [3.8, 4) is 11.3 Å². The van der Waals surface area contributed by atoms with Gasteiger partial charge in [0, 0.05) is 37.9 Å². The molecule has 36 heavy (non-hydrogen) atoms. The highest BCUT2D eigenvalue weighted by Crippen LogP contribution is 2.29. The third-order valence-electron chi connectivity index (χ3n) is 6.84. The van der Waals surface area contributed by atoms with Crippen LogP contribution in [0, 0.1) is 0 Å². The SMILES string of the molecule is C(=NN1CCN(C(c2ccccc2)c2ccccc2)CC1)c1c(-c2ccccc2)nc2ccccn12. The van der Waals surface area contributed by atoms with Crippen molar-refractivity contribution in [1.82, 2.24) is 19.3 Å². The number of pyridine rings is 1. The number of piperazine rings is 1. The fourth-order valence-electron chi connectivity index (χ4n) is 5.05. The number of nitrogens with zero attached hydrogens (tertiary/aromatic N) is 5. The zero-order valence-electron chi connectivity index (χ0n) is 20.2. The highest BCUT2D eigenvalue weighted by atomic mass is 15.5. The van der Waals surface area contributed by atoms with Crippen molar-refractivity contribution in [1.29, 1.82) is 0 Å². The number of hydrogen-bond donors (Lipinski definition) is 0. The van der Waals surface area contributed by atoms with Gasteiger partial charge in [-0.15, -0.1) is 0 Å². The van der Waals surface area contributed by atoms with Crippen LogP contribution in [0.2, 0.25) is 0 Å². The lowest BCUT2D eigenvalue weighted by atomic mass is 9.96. The van der Waals surface area contributed by atoms with Crippen LogP contribution in [0.5, 0.6) is 0 Å². The second-order valence-corrected chi connectivity index (χ2v) is 9.10. The molecule has 6 rings (SSSR count). The van der Waals surface area contributed by atoms with Crippen LogP contribution in [0.25, 0.3) is 16.9 Å². The number of aromatic nitrogens is 2. The number of fused-ring (bicyclic) bond motifs is 1. The first kappa shape index (κ1) is 22.3. The Kier molecular flexibility index (Phi) is 6.29. The van der Waals surface area contributed by atoms with Crippen LogP contribution >= 0.6 is 0 Å². The van der Waals surface area contributed by atoms with Gasteiger partial charge in [0.2, 0.25) is 0 Å². The molecule has 2 aromatic heterocycles. The van der Waals surface area contributed by atoms with Crippen LogP contribution in [-0.2, 0) is 0 Å². The van der Waals surface area contributed by atoms with E-state index in [0.717, 1.165) is 48.8 Å². The first-order chi connectivity index (χ1) is 17.9. The summed E-state index contributed by atoms with van der Waals surface area (Å²) in [5.41, 5.74) is 6.65.